The molecule has 1 aromatic heterocycles. The normalized spacial score (nSPS) is 14.9. The molecule has 4 nitrogen and oxygen atoms in total. The maximum absolute atomic E-state index is 13.0. The Balaban J connectivity index is 1.86. The lowest BCUT2D eigenvalue weighted by atomic mass is 10.2. The second-order valence-electron chi connectivity index (χ2n) is 6.27. The molecule has 1 aromatic carbocycles. The standard InChI is InChI=1S/C17H20F3N3OS/c1-3-8-23-14-9-11(17(18,19)20)4-7-13(14)21-16(23)25-10-15(24)22(2)12-5-6-12/h4,7,9,12H,3,5-6,8,10H2,1-2H3. The van der Waals surface area contributed by atoms with Crippen molar-refractivity contribution in [2.75, 3.05) is 12.8 Å². The molecule has 0 bridgehead atoms. The minimum atomic E-state index is -4.38. The number of nitrogens with zero attached hydrogens (tertiary/aromatic N) is 3. The summed E-state index contributed by atoms with van der Waals surface area (Å²) < 4.78 is 40.7. The number of thioether (sulfide) groups is 1. The smallest absolute Gasteiger partial charge is 0.342 e. The zero-order chi connectivity index (χ0) is 18.2. The number of imidazole rings is 1. The number of benzene rings is 1. The lowest BCUT2D eigenvalue weighted by molar-refractivity contribution is -0.137. The molecule has 0 saturated heterocycles. The molecule has 25 heavy (non-hydrogen) atoms. The average Bonchev–Trinajstić information content (AvgIpc) is 3.35. The van der Waals surface area contributed by atoms with Crippen LogP contribution in [-0.2, 0) is 17.5 Å². The largest absolute Gasteiger partial charge is 0.416 e. The number of aromatic nitrogens is 2. The summed E-state index contributed by atoms with van der Waals surface area (Å²) >= 11 is 1.29. The fourth-order valence-electron chi connectivity index (χ4n) is 2.72. The van der Waals surface area contributed by atoms with Gasteiger partial charge in [0.05, 0.1) is 22.3 Å². The zero-order valence-electron chi connectivity index (χ0n) is 14.1. The van der Waals surface area contributed by atoms with Crippen molar-refractivity contribution in [1.29, 1.82) is 0 Å². The molecule has 1 heterocycles. The fraction of sp³-hybridized carbons (Fsp3) is 0.529. The van der Waals surface area contributed by atoms with E-state index in [0.717, 1.165) is 31.4 Å². The van der Waals surface area contributed by atoms with E-state index in [4.69, 9.17) is 0 Å². The molecule has 1 fully saturated rings. The Morgan fingerprint density at radius 1 is 1.40 bits per heavy atom. The van der Waals surface area contributed by atoms with Gasteiger partial charge in [-0.15, -0.1) is 0 Å². The summed E-state index contributed by atoms with van der Waals surface area (Å²) in [5.41, 5.74) is 0.299. The van der Waals surface area contributed by atoms with Crippen LogP contribution in [0.15, 0.2) is 23.4 Å². The highest BCUT2D eigenvalue weighted by Crippen LogP contribution is 2.33. The molecule has 1 aliphatic carbocycles. The first-order valence-corrected chi connectivity index (χ1v) is 9.25. The summed E-state index contributed by atoms with van der Waals surface area (Å²) in [4.78, 5) is 18.4. The summed E-state index contributed by atoms with van der Waals surface area (Å²) in [5.74, 6) is 0.269. The van der Waals surface area contributed by atoms with Crippen LogP contribution in [0.1, 0.15) is 31.7 Å². The maximum Gasteiger partial charge on any atom is 0.416 e. The van der Waals surface area contributed by atoms with Crippen molar-refractivity contribution in [2.24, 2.45) is 0 Å². The van der Waals surface area contributed by atoms with E-state index in [1.165, 1.54) is 17.8 Å². The minimum absolute atomic E-state index is 0.0265. The van der Waals surface area contributed by atoms with Crippen LogP contribution in [0.5, 0.6) is 0 Å². The van der Waals surface area contributed by atoms with Crippen molar-refractivity contribution < 1.29 is 18.0 Å². The molecule has 2 aromatic rings. The third kappa shape index (κ3) is 3.94. The van der Waals surface area contributed by atoms with Crippen LogP contribution in [0, 0.1) is 0 Å². The molecule has 1 amide bonds. The highest BCUT2D eigenvalue weighted by Gasteiger charge is 2.32. The molecular formula is C17H20F3N3OS. The summed E-state index contributed by atoms with van der Waals surface area (Å²) in [6, 6.07) is 3.93. The molecule has 136 valence electrons. The Kier molecular flexibility index (Phi) is 4.99. The first-order valence-electron chi connectivity index (χ1n) is 8.27. The van der Waals surface area contributed by atoms with E-state index < -0.39 is 11.7 Å². The maximum atomic E-state index is 13.0. The Morgan fingerprint density at radius 2 is 2.12 bits per heavy atom. The van der Waals surface area contributed by atoms with Gasteiger partial charge < -0.3 is 9.47 Å². The Bertz CT molecular complexity index is 783. The van der Waals surface area contributed by atoms with Crippen LogP contribution < -0.4 is 0 Å². The molecule has 1 saturated carbocycles. The molecule has 0 atom stereocenters. The van der Waals surface area contributed by atoms with Gasteiger partial charge in [0.1, 0.15) is 0 Å². The molecule has 3 rings (SSSR count). The van der Waals surface area contributed by atoms with E-state index in [1.807, 2.05) is 6.92 Å². The monoisotopic (exact) mass is 371 g/mol. The van der Waals surface area contributed by atoms with Crippen molar-refractivity contribution in [3.8, 4) is 0 Å². The van der Waals surface area contributed by atoms with E-state index in [2.05, 4.69) is 4.98 Å². The van der Waals surface area contributed by atoms with Gasteiger partial charge in [0.2, 0.25) is 5.91 Å². The second kappa shape index (κ2) is 6.90. The topological polar surface area (TPSA) is 38.1 Å². The Morgan fingerprint density at radius 3 is 2.72 bits per heavy atom. The summed E-state index contributed by atoms with van der Waals surface area (Å²) in [6.07, 6.45) is -1.53. The number of rotatable bonds is 6. The van der Waals surface area contributed by atoms with Gasteiger partial charge in [-0.1, -0.05) is 18.7 Å². The first-order chi connectivity index (χ1) is 11.8. The number of hydrogen-bond acceptors (Lipinski definition) is 3. The van der Waals surface area contributed by atoms with Crippen LogP contribution >= 0.6 is 11.8 Å². The quantitative estimate of drug-likeness (QED) is 0.715. The predicted molar refractivity (Wildman–Crippen MR) is 91.5 cm³/mol. The van der Waals surface area contributed by atoms with Crippen molar-refractivity contribution in [3.63, 3.8) is 0 Å². The van der Waals surface area contributed by atoms with E-state index in [0.29, 0.717) is 28.8 Å². The van der Waals surface area contributed by atoms with Gasteiger partial charge in [-0.25, -0.2) is 4.98 Å². The second-order valence-corrected chi connectivity index (χ2v) is 7.21. The minimum Gasteiger partial charge on any atom is -0.342 e. The zero-order valence-corrected chi connectivity index (χ0v) is 15.0. The van der Waals surface area contributed by atoms with Gasteiger partial charge in [0.15, 0.2) is 5.16 Å². The van der Waals surface area contributed by atoms with Crippen LogP contribution in [0.2, 0.25) is 0 Å². The first kappa shape index (κ1) is 18.1. The number of fused-ring (bicyclic) bond motifs is 1. The molecule has 0 radical (unpaired) electrons. The van der Waals surface area contributed by atoms with Gasteiger partial charge >= 0.3 is 6.18 Å². The molecule has 0 spiro atoms. The van der Waals surface area contributed by atoms with Crippen LogP contribution in [0.25, 0.3) is 11.0 Å². The number of carbonyl (C=O) groups is 1. The molecule has 1 aliphatic rings. The van der Waals surface area contributed by atoms with Crippen LogP contribution in [0.4, 0.5) is 13.2 Å². The van der Waals surface area contributed by atoms with E-state index >= 15 is 0 Å². The number of amides is 1. The van der Waals surface area contributed by atoms with Gasteiger partial charge in [-0.05, 0) is 37.5 Å². The molecular weight excluding hydrogens is 351 g/mol. The molecule has 0 unspecified atom stereocenters. The third-order valence-corrected chi connectivity index (χ3v) is 5.26. The highest BCUT2D eigenvalue weighted by molar-refractivity contribution is 7.99. The predicted octanol–water partition coefficient (Wildman–Crippen LogP) is 4.18. The Labute approximate surface area is 148 Å². The number of hydrogen-bond donors (Lipinski definition) is 0. The highest BCUT2D eigenvalue weighted by atomic mass is 32.2. The number of halogens is 3. The average molecular weight is 371 g/mol. The number of carbonyl (C=O) groups excluding carboxylic acids is 1. The van der Waals surface area contributed by atoms with E-state index in [1.54, 1.807) is 16.5 Å². The van der Waals surface area contributed by atoms with Gasteiger partial charge in [-0.2, -0.15) is 13.2 Å². The Hall–Kier alpha value is -1.70. The summed E-state index contributed by atoms with van der Waals surface area (Å²) in [6.45, 7) is 2.52. The molecule has 0 N–H and O–H groups in total. The van der Waals surface area contributed by atoms with Crippen molar-refractivity contribution in [1.82, 2.24) is 14.5 Å². The lowest BCUT2D eigenvalue weighted by Gasteiger charge is -2.15. The van der Waals surface area contributed by atoms with Gasteiger partial charge in [0.25, 0.3) is 0 Å². The van der Waals surface area contributed by atoms with E-state index in [9.17, 15) is 18.0 Å². The van der Waals surface area contributed by atoms with Gasteiger partial charge in [0, 0.05) is 19.6 Å². The van der Waals surface area contributed by atoms with Crippen LogP contribution in [0.3, 0.4) is 0 Å². The summed E-state index contributed by atoms with van der Waals surface area (Å²) in [5, 5.41) is 0.591. The number of aryl methyl sites for hydroxylation is 1. The van der Waals surface area contributed by atoms with Crippen molar-refractivity contribution in [2.45, 2.75) is 50.1 Å². The number of alkyl halides is 3. The molecule has 8 heteroatoms. The third-order valence-electron chi connectivity index (χ3n) is 4.30. The fourth-order valence-corrected chi connectivity index (χ4v) is 3.68. The van der Waals surface area contributed by atoms with Gasteiger partial charge in [-0.3, -0.25) is 4.79 Å². The molecule has 0 aliphatic heterocycles. The van der Waals surface area contributed by atoms with E-state index in [-0.39, 0.29) is 11.7 Å². The summed E-state index contributed by atoms with van der Waals surface area (Å²) in [7, 11) is 1.80. The SMILES string of the molecule is CCCn1c(SCC(=O)N(C)C2CC2)nc2ccc(C(F)(F)F)cc21. The van der Waals surface area contributed by atoms with Crippen molar-refractivity contribution >= 4 is 28.7 Å². The van der Waals surface area contributed by atoms with Crippen molar-refractivity contribution in [3.05, 3.63) is 23.8 Å². The lowest BCUT2D eigenvalue weighted by Crippen LogP contribution is -2.30. The van der Waals surface area contributed by atoms with Crippen LogP contribution in [-0.4, -0.2) is 39.2 Å².